The van der Waals surface area contributed by atoms with Crippen LogP contribution in [0.25, 0.3) is 0 Å². The number of hydrogen-bond donors (Lipinski definition) is 3. The molecule has 2 amide bonds. The molecule has 0 bridgehead atoms. The highest BCUT2D eigenvalue weighted by Gasteiger charge is 2.23. The quantitative estimate of drug-likeness (QED) is 0.582. The second kappa shape index (κ2) is 4.17. The van der Waals surface area contributed by atoms with Gasteiger partial charge in [0.15, 0.2) is 0 Å². The van der Waals surface area contributed by atoms with E-state index in [4.69, 9.17) is 5.73 Å². The highest BCUT2D eigenvalue weighted by molar-refractivity contribution is 5.97. The van der Waals surface area contributed by atoms with E-state index in [0.717, 1.165) is 12.8 Å². The van der Waals surface area contributed by atoms with E-state index < -0.39 is 5.91 Å². The van der Waals surface area contributed by atoms with E-state index in [1.807, 2.05) is 0 Å². The van der Waals surface area contributed by atoms with Gasteiger partial charge < -0.3 is 16.4 Å². The first-order chi connectivity index (χ1) is 7.66. The Bertz CT molecular complexity index is 412. The van der Waals surface area contributed by atoms with Crippen LogP contribution in [0.1, 0.15) is 23.3 Å². The zero-order valence-electron chi connectivity index (χ0n) is 8.40. The maximum Gasteiger partial charge on any atom is 0.277 e. The van der Waals surface area contributed by atoms with E-state index in [0.29, 0.717) is 0 Å². The lowest BCUT2D eigenvalue weighted by Gasteiger charge is -2.03. The fraction of sp³-hybridized carbons (Fsp3) is 0.500. The van der Waals surface area contributed by atoms with Crippen molar-refractivity contribution in [3.05, 3.63) is 5.69 Å². The van der Waals surface area contributed by atoms with Gasteiger partial charge in [-0.2, -0.15) is 0 Å². The predicted octanol–water partition coefficient (Wildman–Crippen LogP) is -1.34. The molecule has 4 N–H and O–H groups in total. The number of carbonyl (C=O) groups excluding carboxylic acids is 2. The molecule has 0 atom stereocenters. The molecule has 86 valence electrons. The molecule has 8 nitrogen and oxygen atoms in total. The first-order valence-electron chi connectivity index (χ1n) is 4.82. The molecule has 0 saturated heterocycles. The summed E-state index contributed by atoms with van der Waals surface area (Å²) in [5.41, 5.74) is 5.20. The van der Waals surface area contributed by atoms with E-state index in [1.165, 1.54) is 0 Å². The van der Waals surface area contributed by atoms with Crippen molar-refractivity contribution in [1.82, 2.24) is 20.9 Å². The molecule has 0 aromatic carbocycles. The Morgan fingerprint density at radius 2 is 2.19 bits per heavy atom. The molecule has 1 heterocycles. The van der Waals surface area contributed by atoms with Crippen molar-refractivity contribution in [3.8, 4) is 0 Å². The minimum absolute atomic E-state index is 0.0971. The molecule has 1 saturated carbocycles. The lowest BCUT2D eigenvalue weighted by molar-refractivity contribution is -0.120. The lowest BCUT2D eigenvalue weighted by atomic mass is 10.4. The summed E-state index contributed by atoms with van der Waals surface area (Å²) >= 11 is 0. The van der Waals surface area contributed by atoms with Gasteiger partial charge in [0.1, 0.15) is 0 Å². The minimum Gasteiger partial charge on any atom is -0.379 e. The Balaban J connectivity index is 1.79. The third kappa shape index (κ3) is 2.47. The first-order valence-corrected chi connectivity index (χ1v) is 4.82. The van der Waals surface area contributed by atoms with Gasteiger partial charge in [-0.3, -0.25) is 9.59 Å². The van der Waals surface area contributed by atoms with Crippen molar-refractivity contribution in [2.45, 2.75) is 18.9 Å². The molecule has 1 aromatic heterocycles. The summed E-state index contributed by atoms with van der Waals surface area (Å²) in [5, 5.41) is 11.7. The van der Waals surface area contributed by atoms with E-state index in [-0.39, 0.29) is 30.0 Å². The summed E-state index contributed by atoms with van der Waals surface area (Å²) in [6.45, 7) is -0.109. The van der Waals surface area contributed by atoms with Crippen LogP contribution in [0.3, 0.4) is 0 Å². The van der Waals surface area contributed by atoms with Gasteiger partial charge in [-0.05, 0) is 23.2 Å². The smallest absolute Gasteiger partial charge is 0.277 e. The van der Waals surface area contributed by atoms with Gasteiger partial charge in [-0.1, -0.05) is 0 Å². The topological polar surface area (TPSA) is 123 Å². The van der Waals surface area contributed by atoms with Crippen LogP contribution in [0.15, 0.2) is 4.63 Å². The SMILES string of the molecule is Nc1nonc1C(=O)NCC(=O)NC1CC1. The van der Waals surface area contributed by atoms with Crippen LogP contribution in [-0.2, 0) is 4.79 Å². The molecule has 1 aliphatic rings. The van der Waals surface area contributed by atoms with Gasteiger partial charge in [-0.25, -0.2) is 4.63 Å². The van der Waals surface area contributed by atoms with Crippen molar-refractivity contribution in [1.29, 1.82) is 0 Å². The van der Waals surface area contributed by atoms with Gasteiger partial charge in [0.25, 0.3) is 5.91 Å². The lowest BCUT2D eigenvalue weighted by Crippen LogP contribution is -2.38. The number of aromatic nitrogens is 2. The van der Waals surface area contributed by atoms with Crippen molar-refractivity contribution in [2.75, 3.05) is 12.3 Å². The van der Waals surface area contributed by atoms with Crippen LogP contribution in [0.4, 0.5) is 5.82 Å². The summed E-state index contributed by atoms with van der Waals surface area (Å²) in [5.74, 6) is -0.907. The van der Waals surface area contributed by atoms with Crippen molar-refractivity contribution in [3.63, 3.8) is 0 Å². The Morgan fingerprint density at radius 3 is 2.75 bits per heavy atom. The first kappa shape index (κ1) is 10.4. The average molecular weight is 225 g/mol. The highest BCUT2D eigenvalue weighted by Crippen LogP contribution is 2.18. The molecule has 0 aliphatic heterocycles. The van der Waals surface area contributed by atoms with Crippen molar-refractivity contribution in [2.24, 2.45) is 0 Å². The minimum atomic E-state index is -0.579. The number of carbonyl (C=O) groups is 2. The van der Waals surface area contributed by atoms with Crippen molar-refractivity contribution >= 4 is 17.6 Å². The van der Waals surface area contributed by atoms with Gasteiger partial charge in [0.05, 0.1) is 6.54 Å². The molecular formula is C8H11N5O3. The van der Waals surface area contributed by atoms with Gasteiger partial charge in [-0.15, -0.1) is 0 Å². The number of nitrogens with zero attached hydrogens (tertiary/aromatic N) is 2. The number of amides is 2. The van der Waals surface area contributed by atoms with Gasteiger partial charge in [0, 0.05) is 6.04 Å². The Morgan fingerprint density at radius 1 is 1.44 bits per heavy atom. The van der Waals surface area contributed by atoms with Crippen LogP contribution >= 0.6 is 0 Å². The molecule has 2 rings (SSSR count). The summed E-state index contributed by atoms with van der Waals surface area (Å²) < 4.78 is 4.26. The molecule has 16 heavy (non-hydrogen) atoms. The molecule has 1 fully saturated rings. The molecule has 1 aromatic rings. The Hall–Kier alpha value is -2.12. The van der Waals surface area contributed by atoms with E-state index >= 15 is 0 Å². The fourth-order valence-electron chi connectivity index (χ4n) is 1.10. The number of nitrogen functional groups attached to an aromatic ring is 1. The molecule has 8 heteroatoms. The third-order valence-corrected chi connectivity index (χ3v) is 2.08. The van der Waals surface area contributed by atoms with Crippen molar-refractivity contribution < 1.29 is 14.2 Å². The predicted molar refractivity (Wildman–Crippen MR) is 52.2 cm³/mol. The summed E-state index contributed by atoms with van der Waals surface area (Å²) in [6.07, 6.45) is 2.00. The van der Waals surface area contributed by atoms with E-state index in [2.05, 4.69) is 25.6 Å². The summed E-state index contributed by atoms with van der Waals surface area (Å²) in [7, 11) is 0. The summed E-state index contributed by atoms with van der Waals surface area (Å²) in [6, 6.07) is 0.267. The number of rotatable bonds is 4. The summed E-state index contributed by atoms with van der Waals surface area (Å²) in [4.78, 5) is 22.6. The number of hydrogen-bond acceptors (Lipinski definition) is 6. The zero-order valence-corrected chi connectivity index (χ0v) is 8.40. The third-order valence-electron chi connectivity index (χ3n) is 2.08. The van der Waals surface area contributed by atoms with Crippen LogP contribution < -0.4 is 16.4 Å². The monoisotopic (exact) mass is 225 g/mol. The normalized spacial score (nSPS) is 14.5. The molecule has 1 aliphatic carbocycles. The Labute approximate surface area is 90.5 Å². The van der Waals surface area contributed by atoms with E-state index in [1.54, 1.807) is 0 Å². The highest BCUT2D eigenvalue weighted by atomic mass is 16.6. The van der Waals surface area contributed by atoms with Crippen LogP contribution in [0.5, 0.6) is 0 Å². The molecule has 0 unspecified atom stereocenters. The molecule has 0 spiro atoms. The molecular weight excluding hydrogens is 214 g/mol. The largest absolute Gasteiger partial charge is 0.379 e. The second-order valence-corrected chi connectivity index (χ2v) is 3.52. The fourth-order valence-corrected chi connectivity index (χ4v) is 1.10. The zero-order chi connectivity index (χ0) is 11.5. The average Bonchev–Trinajstić information content (AvgIpc) is 2.95. The van der Waals surface area contributed by atoms with Gasteiger partial charge in [0.2, 0.25) is 17.4 Å². The van der Waals surface area contributed by atoms with Crippen LogP contribution in [0.2, 0.25) is 0 Å². The van der Waals surface area contributed by atoms with Crippen LogP contribution in [0, 0.1) is 0 Å². The molecule has 0 radical (unpaired) electrons. The maximum atomic E-state index is 11.4. The standard InChI is InChI=1S/C8H11N5O3/c9-7-6(12-16-13-7)8(15)10-3-5(14)11-4-1-2-4/h4H,1-3H2,(H2,9,13)(H,10,15)(H,11,14). The van der Waals surface area contributed by atoms with Crippen LogP contribution in [-0.4, -0.2) is 34.7 Å². The van der Waals surface area contributed by atoms with E-state index in [9.17, 15) is 9.59 Å². The number of anilines is 1. The number of nitrogens with two attached hydrogens (primary N) is 1. The second-order valence-electron chi connectivity index (χ2n) is 3.52. The van der Waals surface area contributed by atoms with Gasteiger partial charge >= 0.3 is 0 Å². The Kier molecular flexibility index (Phi) is 2.71. The number of nitrogens with one attached hydrogen (secondary N) is 2. The maximum absolute atomic E-state index is 11.4.